The lowest BCUT2D eigenvalue weighted by molar-refractivity contribution is 0.192. The van der Waals surface area contributed by atoms with Crippen LogP contribution in [0.25, 0.3) is 11.0 Å². The third-order valence-corrected chi connectivity index (χ3v) is 6.15. The van der Waals surface area contributed by atoms with Gasteiger partial charge in [0, 0.05) is 18.7 Å². The summed E-state index contributed by atoms with van der Waals surface area (Å²) in [6, 6.07) is 7.72. The predicted octanol–water partition coefficient (Wildman–Crippen LogP) is 4.50. The van der Waals surface area contributed by atoms with Gasteiger partial charge in [0.05, 0.1) is 34.7 Å². The minimum Gasteiger partial charge on any atom is -0.465 e. The Balaban J connectivity index is 1.47. The van der Waals surface area contributed by atoms with Crippen LogP contribution in [0.2, 0.25) is 0 Å². The van der Waals surface area contributed by atoms with Crippen molar-refractivity contribution in [2.75, 3.05) is 11.4 Å². The zero-order valence-electron chi connectivity index (χ0n) is 17.2. The van der Waals surface area contributed by atoms with E-state index in [9.17, 15) is 15.2 Å². The van der Waals surface area contributed by atoms with Crippen LogP contribution < -0.4 is 4.90 Å². The monoisotopic (exact) mass is 407 g/mol. The van der Waals surface area contributed by atoms with Crippen molar-refractivity contribution in [3.05, 3.63) is 41.3 Å². The third kappa shape index (κ3) is 3.88. The molecule has 0 radical (unpaired) electrons. The molecule has 3 aromatic rings. The Hall–Kier alpha value is -3.34. The van der Waals surface area contributed by atoms with E-state index in [1.807, 2.05) is 32.3 Å². The van der Waals surface area contributed by atoms with Crippen LogP contribution in [0.15, 0.2) is 29.0 Å². The van der Waals surface area contributed by atoms with E-state index in [0.717, 1.165) is 48.8 Å². The maximum absolute atomic E-state index is 11.9. The number of carbonyl (C=O) groups is 1. The second kappa shape index (κ2) is 8.19. The first-order valence-electron chi connectivity index (χ1n) is 10.2. The number of hydrogen-bond acceptors (Lipinski definition) is 5. The number of rotatable bonds is 5. The quantitative estimate of drug-likeness (QED) is 0.667. The molecule has 2 aromatic heterocycles. The van der Waals surface area contributed by atoms with Crippen LogP contribution in [0, 0.1) is 37.0 Å². The van der Waals surface area contributed by atoms with Gasteiger partial charge in [-0.15, -0.1) is 0 Å². The number of aryl methyl sites for hydroxylation is 1. The lowest BCUT2D eigenvalue weighted by Gasteiger charge is -2.31. The molecule has 30 heavy (non-hydrogen) atoms. The van der Waals surface area contributed by atoms with Crippen LogP contribution >= 0.6 is 0 Å². The van der Waals surface area contributed by atoms with E-state index in [4.69, 9.17) is 4.52 Å². The number of fused-ring (bicyclic) bond motifs is 1. The molecule has 1 saturated carbocycles. The van der Waals surface area contributed by atoms with Gasteiger partial charge in [-0.1, -0.05) is 11.6 Å². The summed E-state index contributed by atoms with van der Waals surface area (Å²) in [6.45, 7) is 4.87. The SMILES string of the molecule is Cc1noc(N(CC2CCC[C@H](Cn3cnc4ccc(C#N)cc43)C2)C(=O)O)c1C. The number of imidazole rings is 1. The van der Waals surface area contributed by atoms with Gasteiger partial charge in [-0.25, -0.2) is 14.7 Å². The molecule has 156 valence electrons. The Kier molecular flexibility index (Phi) is 5.44. The van der Waals surface area contributed by atoms with E-state index in [1.165, 1.54) is 4.90 Å². The summed E-state index contributed by atoms with van der Waals surface area (Å²) >= 11 is 0. The molecule has 2 atom stereocenters. The van der Waals surface area contributed by atoms with Gasteiger partial charge in [-0.3, -0.25) is 0 Å². The van der Waals surface area contributed by atoms with Gasteiger partial charge >= 0.3 is 6.09 Å². The van der Waals surface area contributed by atoms with Crippen molar-refractivity contribution in [2.45, 2.75) is 46.1 Å². The van der Waals surface area contributed by atoms with E-state index in [-0.39, 0.29) is 5.92 Å². The molecule has 0 spiro atoms. The van der Waals surface area contributed by atoms with Crippen LogP contribution in [0.4, 0.5) is 10.7 Å². The average molecular weight is 407 g/mol. The fourth-order valence-electron chi connectivity index (χ4n) is 4.45. The zero-order valence-corrected chi connectivity index (χ0v) is 17.2. The molecule has 2 heterocycles. The summed E-state index contributed by atoms with van der Waals surface area (Å²) < 4.78 is 7.41. The minimum absolute atomic E-state index is 0.258. The highest BCUT2D eigenvalue weighted by Crippen LogP contribution is 2.33. The maximum Gasteiger partial charge on any atom is 0.414 e. The number of nitriles is 1. The summed E-state index contributed by atoms with van der Waals surface area (Å²) in [7, 11) is 0. The Bertz CT molecular complexity index is 1110. The van der Waals surface area contributed by atoms with Gasteiger partial charge in [-0.05, 0) is 63.1 Å². The standard InChI is InChI=1S/C22H25N5O3/c1-14-15(2)25-30-21(14)27(22(28)29)12-18-5-3-4-17(8-18)11-26-13-24-19-7-6-16(10-23)9-20(19)26/h6-7,9,13,17-18H,3-5,8,11-12H2,1-2H3,(H,28,29)/t17-,18?/m0/s1. The maximum atomic E-state index is 11.9. The van der Waals surface area contributed by atoms with Gasteiger partial charge in [0.1, 0.15) is 0 Å². The Labute approximate surface area is 174 Å². The average Bonchev–Trinajstić information content (AvgIpc) is 3.29. The van der Waals surface area contributed by atoms with Crippen LogP contribution in [0.5, 0.6) is 0 Å². The number of anilines is 1. The molecule has 1 fully saturated rings. The normalized spacial score (nSPS) is 19.0. The highest BCUT2D eigenvalue weighted by Gasteiger charge is 2.29. The van der Waals surface area contributed by atoms with Crippen molar-refractivity contribution in [2.24, 2.45) is 11.8 Å². The van der Waals surface area contributed by atoms with Crippen LogP contribution in [0.3, 0.4) is 0 Å². The van der Waals surface area contributed by atoms with E-state index in [2.05, 4.69) is 20.8 Å². The first-order chi connectivity index (χ1) is 14.5. The molecule has 0 bridgehead atoms. The molecular formula is C22H25N5O3. The molecule has 1 aliphatic rings. The fourth-order valence-corrected chi connectivity index (χ4v) is 4.45. The lowest BCUT2D eigenvalue weighted by atomic mass is 9.81. The van der Waals surface area contributed by atoms with E-state index in [0.29, 0.717) is 29.6 Å². The predicted molar refractivity (Wildman–Crippen MR) is 111 cm³/mol. The van der Waals surface area contributed by atoms with Crippen molar-refractivity contribution in [1.82, 2.24) is 14.7 Å². The number of aromatic nitrogens is 3. The first-order valence-corrected chi connectivity index (χ1v) is 10.2. The lowest BCUT2D eigenvalue weighted by Crippen LogP contribution is -2.36. The molecular weight excluding hydrogens is 382 g/mol. The topological polar surface area (TPSA) is 108 Å². The Morgan fingerprint density at radius 2 is 2.17 bits per heavy atom. The smallest absolute Gasteiger partial charge is 0.414 e. The largest absolute Gasteiger partial charge is 0.465 e. The van der Waals surface area contributed by atoms with E-state index in [1.54, 1.807) is 6.07 Å². The molecule has 1 aliphatic carbocycles. The van der Waals surface area contributed by atoms with E-state index >= 15 is 0 Å². The van der Waals surface area contributed by atoms with Crippen molar-refractivity contribution in [3.8, 4) is 6.07 Å². The molecule has 1 unspecified atom stereocenters. The van der Waals surface area contributed by atoms with Gasteiger partial charge < -0.3 is 14.2 Å². The van der Waals surface area contributed by atoms with Gasteiger partial charge in [0.15, 0.2) is 0 Å². The Morgan fingerprint density at radius 1 is 1.37 bits per heavy atom. The summed E-state index contributed by atoms with van der Waals surface area (Å²) in [5, 5.41) is 22.8. The summed E-state index contributed by atoms with van der Waals surface area (Å²) in [6.07, 6.45) is 4.92. The van der Waals surface area contributed by atoms with Gasteiger partial charge in [0.2, 0.25) is 5.88 Å². The minimum atomic E-state index is -1.01. The summed E-state index contributed by atoms with van der Waals surface area (Å²) in [4.78, 5) is 17.6. The van der Waals surface area contributed by atoms with Crippen LogP contribution in [0.1, 0.15) is 42.5 Å². The van der Waals surface area contributed by atoms with Crippen molar-refractivity contribution in [3.63, 3.8) is 0 Å². The van der Waals surface area contributed by atoms with Crippen LogP contribution in [-0.4, -0.2) is 32.5 Å². The van der Waals surface area contributed by atoms with Crippen molar-refractivity contribution >= 4 is 23.0 Å². The molecule has 8 nitrogen and oxygen atoms in total. The summed E-state index contributed by atoms with van der Waals surface area (Å²) in [5.74, 6) is 1.01. The number of nitrogens with zero attached hydrogens (tertiary/aromatic N) is 5. The van der Waals surface area contributed by atoms with Crippen LogP contribution in [-0.2, 0) is 6.54 Å². The highest BCUT2D eigenvalue weighted by atomic mass is 16.5. The van der Waals surface area contributed by atoms with Gasteiger partial charge in [-0.2, -0.15) is 5.26 Å². The second-order valence-electron chi connectivity index (χ2n) is 8.20. The number of benzene rings is 1. The Morgan fingerprint density at radius 3 is 2.87 bits per heavy atom. The zero-order chi connectivity index (χ0) is 21.3. The second-order valence-corrected chi connectivity index (χ2v) is 8.20. The number of amides is 1. The highest BCUT2D eigenvalue weighted by molar-refractivity contribution is 5.85. The van der Waals surface area contributed by atoms with Crippen molar-refractivity contribution in [1.29, 1.82) is 5.26 Å². The molecule has 1 N–H and O–H groups in total. The molecule has 8 heteroatoms. The number of carboxylic acid groups (broad SMARTS) is 1. The third-order valence-electron chi connectivity index (χ3n) is 6.15. The molecule has 1 amide bonds. The molecule has 0 aliphatic heterocycles. The van der Waals surface area contributed by atoms with E-state index < -0.39 is 6.09 Å². The van der Waals surface area contributed by atoms with Gasteiger partial charge in [0.25, 0.3) is 0 Å². The summed E-state index contributed by atoms with van der Waals surface area (Å²) in [5.41, 5.74) is 3.95. The fraction of sp³-hybridized carbons (Fsp3) is 0.455. The number of hydrogen-bond donors (Lipinski definition) is 1. The molecule has 0 saturated heterocycles. The first kappa shape index (κ1) is 20.0. The van der Waals surface area contributed by atoms with Crippen molar-refractivity contribution < 1.29 is 14.4 Å². The molecule has 4 rings (SSSR count). The molecule has 1 aromatic carbocycles.